The molecule has 5 heteroatoms. The molecule has 0 N–H and O–H groups in total. The van der Waals surface area contributed by atoms with Crippen molar-refractivity contribution in [1.29, 1.82) is 0 Å². The average molecular weight is 447 g/mol. The lowest BCUT2D eigenvalue weighted by molar-refractivity contribution is 0.463. The first-order chi connectivity index (χ1) is 16.6. The molecule has 0 amide bonds. The number of pyridine rings is 2. The van der Waals surface area contributed by atoms with E-state index in [4.69, 9.17) is 6.11 Å². The highest BCUT2D eigenvalue weighted by atomic mass is 31.2. The highest BCUT2D eigenvalue weighted by Crippen LogP contribution is 2.52. The Morgan fingerprint density at radius 3 is 2.39 bits per heavy atom. The van der Waals surface area contributed by atoms with Gasteiger partial charge >= 0.3 is 0 Å². The maximum atomic E-state index is 14.7. The maximum Gasteiger partial charge on any atom is 0.219 e. The van der Waals surface area contributed by atoms with Crippen LogP contribution in [0.4, 0.5) is 0 Å². The van der Waals surface area contributed by atoms with Gasteiger partial charge in [-0.05, 0) is 58.7 Å². The number of rotatable bonds is 4. The molecule has 0 spiro atoms. The van der Waals surface area contributed by atoms with E-state index in [1.54, 1.807) is 24.5 Å². The van der Waals surface area contributed by atoms with Gasteiger partial charge in [-0.3, -0.25) is 4.98 Å². The van der Waals surface area contributed by atoms with Crippen LogP contribution in [0.15, 0.2) is 115 Å². The van der Waals surface area contributed by atoms with E-state index in [0.717, 1.165) is 32.9 Å². The largest absolute Gasteiger partial charge is 0.439 e. The van der Waals surface area contributed by atoms with E-state index >= 15 is 0 Å². The van der Waals surface area contributed by atoms with Crippen molar-refractivity contribution < 1.29 is 10.7 Å². The van der Waals surface area contributed by atoms with Crippen LogP contribution in [0.1, 0.15) is 1.37 Å². The normalized spacial score (nSPS) is 16.5. The topological polar surface area (TPSA) is 52.1 Å². The summed E-state index contributed by atoms with van der Waals surface area (Å²) in [6.07, 6.45) is 3.25. The van der Waals surface area contributed by atoms with E-state index in [-0.39, 0.29) is 0 Å². The molecule has 1 aliphatic rings. The van der Waals surface area contributed by atoms with Gasteiger partial charge in [-0.25, -0.2) is 4.98 Å². The molecule has 1 unspecified atom stereocenters. The number of nitrogens with zero attached hydrogens (tertiary/aromatic N) is 2. The number of hydrogen-bond acceptors (Lipinski definition) is 4. The molecule has 3 heterocycles. The smallest absolute Gasteiger partial charge is 0.219 e. The Hall–Kier alpha value is -4.01. The number of fused-ring (bicyclic) bond motifs is 3. The molecule has 0 saturated heterocycles. The maximum absolute atomic E-state index is 14.7. The van der Waals surface area contributed by atoms with Crippen LogP contribution < -0.4 is 20.8 Å². The van der Waals surface area contributed by atoms with Crippen LogP contribution in [0.25, 0.3) is 22.3 Å². The third-order valence-electron chi connectivity index (χ3n) is 5.81. The summed E-state index contributed by atoms with van der Waals surface area (Å²) in [5.41, 5.74) is 4.22. The highest BCUT2D eigenvalue weighted by Gasteiger charge is 2.41. The number of aromatic nitrogens is 2. The van der Waals surface area contributed by atoms with Crippen molar-refractivity contribution in [2.45, 2.75) is 0 Å². The summed E-state index contributed by atoms with van der Waals surface area (Å²) in [6, 6.07) is 30.6. The fourth-order valence-corrected chi connectivity index (χ4v) is 7.23. The van der Waals surface area contributed by atoms with Gasteiger partial charge in [0, 0.05) is 29.1 Å². The lowest BCUT2D eigenvalue weighted by Gasteiger charge is -2.15. The fourth-order valence-electron chi connectivity index (χ4n) is 4.31. The van der Waals surface area contributed by atoms with Crippen molar-refractivity contribution in [2.24, 2.45) is 0 Å². The molecule has 0 aliphatic carbocycles. The van der Waals surface area contributed by atoms with Crippen LogP contribution in [0.5, 0.6) is 11.6 Å². The van der Waals surface area contributed by atoms with Gasteiger partial charge in [0.2, 0.25) is 5.88 Å². The predicted molar refractivity (Wildman–Crippen MR) is 132 cm³/mol. The monoisotopic (exact) mass is 447 g/mol. The van der Waals surface area contributed by atoms with Gasteiger partial charge < -0.3 is 9.30 Å². The third kappa shape index (κ3) is 3.27. The Bertz CT molecular complexity index is 1590. The minimum Gasteiger partial charge on any atom is -0.439 e. The molecule has 4 nitrogen and oxygen atoms in total. The number of benzene rings is 3. The molecule has 158 valence electrons. The highest BCUT2D eigenvalue weighted by molar-refractivity contribution is 7.86. The van der Waals surface area contributed by atoms with Gasteiger partial charge in [0.25, 0.3) is 0 Å². The summed E-state index contributed by atoms with van der Waals surface area (Å²) < 4.78 is 28.7. The van der Waals surface area contributed by atoms with Crippen molar-refractivity contribution >= 4 is 23.2 Å². The molecular formula is C28H19N2O2P. The Kier molecular flexibility index (Phi) is 4.41. The second-order valence-electron chi connectivity index (χ2n) is 7.77. The molecule has 5 aromatic rings. The van der Waals surface area contributed by atoms with E-state index in [2.05, 4.69) is 9.97 Å². The summed E-state index contributed by atoms with van der Waals surface area (Å²) >= 11 is 0. The van der Waals surface area contributed by atoms with Crippen LogP contribution in [-0.4, -0.2) is 9.97 Å². The molecule has 0 saturated carbocycles. The Labute approximate surface area is 193 Å². The second-order valence-corrected chi connectivity index (χ2v) is 10.4. The Morgan fingerprint density at radius 2 is 1.52 bits per heavy atom. The summed E-state index contributed by atoms with van der Waals surface area (Å²) in [5.74, 6) is 1.20. The molecule has 0 radical (unpaired) electrons. The van der Waals surface area contributed by atoms with Gasteiger partial charge in [-0.15, -0.1) is 0 Å². The minimum absolute atomic E-state index is 0.293. The van der Waals surface area contributed by atoms with E-state index in [1.807, 2.05) is 84.9 Å². The van der Waals surface area contributed by atoms with Crippen molar-refractivity contribution in [1.82, 2.24) is 9.97 Å². The average Bonchev–Trinajstić information content (AvgIpc) is 3.14. The molecule has 6 rings (SSSR count). The summed E-state index contributed by atoms with van der Waals surface area (Å²) in [4.78, 5) is 8.67. The van der Waals surface area contributed by atoms with Crippen LogP contribution in [0, 0.1) is 0 Å². The molecule has 0 bridgehead atoms. The van der Waals surface area contributed by atoms with Crippen molar-refractivity contribution in [2.75, 3.05) is 0 Å². The lowest BCUT2D eigenvalue weighted by Crippen LogP contribution is -2.23. The van der Waals surface area contributed by atoms with Gasteiger partial charge in [0.15, 0.2) is 7.14 Å². The van der Waals surface area contributed by atoms with E-state index in [1.165, 1.54) is 0 Å². The first-order valence-electron chi connectivity index (χ1n) is 11.1. The quantitative estimate of drug-likeness (QED) is 0.332. The number of hydrogen-bond donors (Lipinski definition) is 0. The van der Waals surface area contributed by atoms with Crippen molar-refractivity contribution in [3.63, 3.8) is 0 Å². The molecular weight excluding hydrogens is 427 g/mol. The van der Waals surface area contributed by atoms with Gasteiger partial charge in [0.1, 0.15) is 11.2 Å². The van der Waals surface area contributed by atoms with Gasteiger partial charge in [-0.2, -0.15) is 0 Å². The zero-order valence-electron chi connectivity index (χ0n) is 18.6. The summed E-state index contributed by atoms with van der Waals surface area (Å²) in [5, 5.41) is 1.52. The Balaban J connectivity index is 1.48. The first kappa shape index (κ1) is 18.6. The summed E-state index contributed by atoms with van der Waals surface area (Å²) in [6.45, 7) is 0. The van der Waals surface area contributed by atoms with Crippen molar-refractivity contribution in [3.8, 4) is 33.9 Å². The van der Waals surface area contributed by atoms with Crippen LogP contribution >= 0.6 is 7.14 Å². The van der Waals surface area contributed by atoms with E-state index in [0.29, 0.717) is 23.1 Å². The van der Waals surface area contributed by atoms with Crippen molar-refractivity contribution in [3.05, 3.63) is 115 Å². The molecule has 1 atom stereocenters. The van der Waals surface area contributed by atoms with E-state index in [9.17, 15) is 4.57 Å². The fraction of sp³-hybridized carbons (Fsp3) is 0. The predicted octanol–water partition coefficient (Wildman–Crippen LogP) is 5.56. The van der Waals surface area contributed by atoms with Crippen LogP contribution in [0.2, 0.25) is 0 Å². The zero-order valence-corrected chi connectivity index (χ0v) is 18.4. The lowest BCUT2D eigenvalue weighted by atomic mass is 10.0. The molecule has 33 heavy (non-hydrogen) atoms. The van der Waals surface area contributed by atoms with Gasteiger partial charge in [-0.1, -0.05) is 60.6 Å². The molecule has 3 aromatic carbocycles. The second kappa shape index (κ2) is 7.84. The zero-order chi connectivity index (χ0) is 23.1. The SMILES string of the molecule is [2H]c1ccnc(P2(=O)c3ccccc3-c3ccc(-c4cccc(Oc5ccccn5)c4)cc32)c1. The standard InChI is InChI=1S/C28H19N2O2P/c31-33(28-13-4-6-17-30-28)25-11-2-1-10-23(25)24-15-14-21(19-26(24)33)20-8-7-9-22(18-20)32-27-12-3-5-16-29-27/h1-19H/i4D. The minimum atomic E-state index is -3.22. The first-order valence-corrected chi connectivity index (χ1v) is 12.3. The Morgan fingerprint density at radius 1 is 0.697 bits per heavy atom. The molecule has 0 fully saturated rings. The summed E-state index contributed by atoms with van der Waals surface area (Å²) in [7, 11) is -3.22. The van der Waals surface area contributed by atoms with Crippen LogP contribution in [0.3, 0.4) is 0 Å². The third-order valence-corrected chi connectivity index (χ3v) is 8.82. The molecule has 1 aliphatic heterocycles. The van der Waals surface area contributed by atoms with Gasteiger partial charge in [0.05, 0.1) is 1.37 Å². The molecule has 2 aromatic heterocycles. The number of ether oxygens (including phenoxy) is 1. The van der Waals surface area contributed by atoms with Crippen LogP contribution in [-0.2, 0) is 4.57 Å². The van der Waals surface area contributed by atoms with E-state index < -0.39 is 7.14 Å².